The zero-order valence-corrected chi connectivity index (χ0v) is 68.7. The first-order valence-electron chi connectivity index (χ1n) is 43.0. The molecule has 0 radical (unpaired) electrons. The first kappa shape index (κ1) is 100. The molecule has 0 heterocycles. The quantitative estimate of drug-likeness (QED) is 0.0222. The van der Waals surface area contributed by atoms with Gasteiger partial charge in [0.05, 0.1) is 26.4 Å². The third-order valence-corrected chi connectivity index (χ3v) is 21.4. The maximum Gasteiger partial charge on any atom is 0.472 e. The molecule has 2 unspecified atom stereocenters. The summed E-state index contributed by atoms with van der Waals surface area (Å²) in [7, 11) is -9.92. The fourth-order valence-corrected chi connectivity index (χ4v) is 14.5. The van der Waals surface area contributed by atoms with Gasteiger partial charge in [-0.05, 0) is 37.5 Å². The van der Waals surface area contributed by atoms with Gasteiger partial charge in [0.1, 0.15) is 19.3 Å². The van der Waals surface area contributed by atoms with E-state index in [9.17, 15) is 43.2 Å². The van der Waals surface area contributed by atoms with Crippen molar-refractivity contribution in [2.45, 2.75) is 458 Å². The van der Waals surface area contributed by atoms with Gasteiger partial charge in [0.15, 0.2) is 12.2 Å². The van der Waals surface area contributed by atoms with Crippen LogP contribution in [0.25, 0.3) is 0 Å². The predicted molar refractivity (Wildman–Crippen MR) is 418 cm³/mol. The lowest BCUT2D eigenvalue weighted by Gasteiger charge is -2.21. The van der Waals surface area contributed by atoms with Crippen molar-refractivity contribution >= 4 is 39.5 Å². The summed E-state index contributed by atoms with van der Waals surface area (Å²) in [5.41, 5.74) is 0. The monoisotopic (exact) mass is 1490 g/mol. The Balaban J connectivity index is 5.25. The summed E-state index contributed by atoms with van der Waals surface area (Å²) in [5, 5.41) is 10.7. The summed E-state index contributed by atoms with van der Waals surface area (Å²) in [6.07, 6.45) is 65.1. The van der Waals surface area contributed by atoms with Crippen molar-refractivity contribution in [1.82, 2.24) is 0 Å². The van der Waals surface area contributed by atoms with Crippen molar-refractivity contribution in [3.63, 3.8) is 0 Å². The van der Waals surface area contributed by atoms with Gasteiger partial charge in [-0.2, -0.15) is 0 Å². The van der Waals surface area contributed by atoms with E-state index >= 15 is 0 Å². The number of unbranched alkanes of at least 4 members (excludes halogenated alkanes) is 52. The van der Waals surface area contributed by atoms with Crippen molar-refractivity contribution in [2.24, 2.45) is 11.8 Å². The Hall–Kier alpha value is -1.94. The molecule has 0 saturated carbocycles. The van der Waals surface area contributed by atoms with Crippen molar-refractivity contribution < 1.29 is 80.2 Å². The number of ether oxygens (including phenoxy) is 4. The number of hydrogen-bond donors (Lipinski definition) is 3. The molecule has 0 aliphatic rings. The highest BCUT2D eigenvalue weighted by molar-refractivity contribution is 7.47. The molecule has 5 atom stereocenters. The number of carbonyl (C=O) groups excluding carboxylic acids is 4. The van der Waals surface area contributed by atoms with Gasteiger partial charge in [-0.25, -0.2) is 9.13 Å². The number of phosphoric acid groups is 2. The molecule has 0 aliphatic heterocycles. The van der Waals surface area contributed by atoms with E-state index in [0.717, 1.165) is 102 Å². The van der Waals surface area contributed by atoms with Gasteiger partial charge in [0, 0.05) is 25.7 Å². The Morgan fingerprint density at radius 2 is 0.451 bits per heavy atom. The Morgan fingerprint density at radius 1 is 0.265 bits per heavy atom. The fourth-order valence-electron chi connectivity index (χ4n) is 12.9. The van der Waals surface area contributed by atoms with Crippen LogP contribution in [0.5, 0.6) is 0 Å². The van der Waals surface area contributed by atoms with Crippen LogP contribution in [0.2, 0.25) is 0 Å². The zero-order chi connectivity index (χ0) is 74.9. The summed E-state index contributed by atoms with van der Waals surface area (Å²) in [4.78, 5) is 73.1. The van der Waals surface area contributed by atoms with Gasteiger partial charge in [0.2, 0.25) is 0 Å². The molecule has 19 heteroatoms. The molecule has 0 spiro atoms. The molecule has 17 nitrogen and oxygen atoms in total. The number of esters is 4. The van der Waals surface area contributed by atoms with Crippen LogP contribution in [0.4, 0.5) is 0 Å². The lowest BCUT2D eigenvalue weighted by Crippen LogP contribution is -2.30. The molecule has 0 fully saturated rings. The van der Waals surface area contributed by atoms with Crippen LogP contribution in [-0.2, 0) is 65.4 Å². The van der Waals surface area contributed by atoms with E-state index in [1.165, 1.54) is 257 Å². The van der Waals surface area contributed by atoms with Gasteiger partial charge in [-0.3, -0.25) is 37.3 Å². The highest BCUT2D eigenvalue weighted by atomic mass is 31.2. The largest absolute Gasteiger partial charge is 0.472 e. The van der Waals surface area contributed by atoms with E-state index in [4.69, 9.17) is 37.0 Å². The fraction of sp³-hybridized carbons (Fsp3) is 0.952. The molecule has 0 aromatic carbocycles. The second kappa shape index (κ2) is 74.5. The Kier molecular flexibility index (Phi) is 73.1. The summed E-state index contributed by atoms with van der Waals surface area (Å²) in [6, 6.07) is 0. The van der Waals surface area contributed by atoms with E-state index in [2.05, 4.69) is 41.5 Å². The van der Waals surface area contributed by atoms with Crippen LogP contribution >= 0.6 is 15.6 Å². The van der Waals surface area contributed by atoms with E-state index < -0.39 is 97.5 Å². The summed E-state index contributed by atoms with van der Waals surface area (Å²) in [5.74, 6) is -0.564. The molecule has 0 rings (SSSR count). The summed E-state index contributed by atoms with van der Waals surface area (Å²) >= 11 is 0. The van der Waals surface area contributed by atoms with E-state index in [1.807, 2.05) is 0 Å². The topological polar surface area (TPSA) is 237 Å². The van der Waals surface area contributed by atoms with Gasteiger partial charge in [-0.1, -0.05) is 388 Å². The van der Waals surface area contributed by atoms with Crippen LogP contribution in [0, 0.1) is 11.8 Å². The van der Waals surface area contributed by atoms with Crippen molar-refractivity contribution in [3.05, 3.63) is 0 Å². The first-order valence-corrected chi connectivity index (χ1v) is 46.0. The van der Waals surface area contributed by atoms with Crippen LogP contribution in [0.1, 0.15) is 440 Å². The Labute approximate surface area is 626 Å². The second-order valence-corrected chi connectivity index (χ2v) is 33.7. The normalized spacial score (nSPS) is 13.9. The molecule has 0 bridgehead atoms. The lowest BCUT2D eigenvalue weighted by molar-refractivity contribution is -0.161. The first-order chi connectivity index (χ1) is 49.4. The Morgan fingerprint density at radius 3 is 0.667 bits per heavy atom. The average molecular weight is 1490 g/mol. The van der Waals surface area contributed by atoms with Gasteiger partial charge >= 0.3 is 39.5 Å². The Bertz CT molecular complexity index is 1960. The molecule has 0 aromatic rings. The minimum Gasteiger partial charge on any atom is -0.462 e. The van der Waals surface area contributed by atoms with Crippen LogP contribution < -0.4 is 0 Å². The molecular formula is C83H162O17P2. The third kappa shape index (κ3) is 76.3. The molecule has 0 aromatic heterocycles. The van der Waals surface area contributed by atoms with Crippen molar-refractivity contribution in [1.29, 1.82) is 0 Å². The second-order valence-electron chi connectivity index (χ2n) is 30.8. The number of hydrogen-bond acceptors (Lipinski definition) is 15. The maximum absolute atomic E-state index is 13.1. The summed E-state index contributed by atoms with van der Waals surface area (Å²) in [6.45, 7) is 9.66. The van der Waals surface area contributed by atoms with Gasteiger partial charge in [-0.15, -0.1) is 0 Å². The minimum absolute atomic E-state index is 0.108. The van der Waals surface area contributed by atoms with Crippen LogP contribution in [0.3, 0.4) is 0 Å². The third-order valence-electron chi connectivity index (χ3n) is 19.5. The number of carbonyl (C=O) groups is 4. The maximum atomic E-state index is 13.1. The number of rotatable bonds is 82. The highest BCUT2D eigenvalue weighted by Crippen LogP contribution is 2.45. The van der Waals surface area contributed by atoms with E-state index in [0.29, 0.717) is 25.7 Å². The van der Waals surface area contributed by atoms with Gasteiger partial charge in [0.25, 0.3) is 0 Å². The minimum atomic E-state index is -4.96. The molecular weight excluding hydrogens is 1330 g/mol. The number of aliphatic hydroxyl groups excluding tert-OH is 1. The number of aliphatic hydroxyl groups is 1. The van der Waals surface area contributed by atoms with E-state index in [-0.39, 0.29) is 25.7 Å². The molecule has 102 heavy (non-hydrogen) atoms. The number of phosphoric ester groups is 2. The van der Waals surface area contributed by atoms with E-state index in [1.54, 1.807) is 0 Å². The molecule has 0 amide bonds. The van der Waals surface area contributed by atoms with Crippen molar-refractivity contribution in [3.8, 4) is 0 Å². The smallest absolute Gasteiger partial charge is 0.462 e. The molecule has 0 aliphatic carbocycles. The SMILES string of the molecule is CCCCCCCCCCCCCCCCCCCCCCC(=O)O[C@H](COC(=O)CCCCCCCCCCCCCCC(C)C)COP(=O)(O)OC[C@@H](O)COP(=O)(O)OC[C@@H](COC(=O)CCCCCCCCCCCCC(C)C)OC(=O)CCCCCCCCCCCCCCCC. The van der Waals surface area contributed by atoms with Crippen molar-refractivity contribution in [2.75, 3.05) is 39.6 Å². The predicted octanol–water partition coefficient (Wildman–Crippen LogP) is 25.1. The standard InChI is InChI=1S/C83H162O17P2/c1-7-9-11-13-15-17-19-21-23-24-25-26-27-28-30-36-44-50-56-62-68-83(88)99-78(71-93-80(85)65-59-53-47-41-34-32-31-33-39-45-51-57-63-75(3)4)73-97-101(89,90)95-69-77(84)70-96-102(91,92)98-74-79(72-94-81(86)66-60-54-48-42-38-37-40-46-52-58-64-76(5)6)100-82(87)67-61-55-49-43-35-29-22-20-18-16-14-12-10-8-2/h75-79,84H,7-74H2,1-6H3,(H,89,90)(H,91,92)/t77-,78-,79-/m1/s1. The highest BCUT2D eigenvalue weighted by Gasteiger charge is 2.30. The molecule has 606 valence electrons. The van der Waals surface area contributed by atoms with Crippen LogP contribution in [-0.4, -0.2) is 96.7 Å². The average Bonchev–Trinajstić information content (AvgIpc) is 0.914. The lowest BCUT2D eigenvalue weighted by atomic mass is 10.0. The summed E-state index contributed by atoms with van der Waals surface area (Å²) < 4.78 is 68.8. The molecule has 3 N–H and O–H groups in total. The van der Waals surface area contributed by atoms with Crippen LogP contribution in [0.15, 0.2) is 0 Å². The zero-order valence-electron chi connectivity index (χ0n) is 66.9. The molecule has 0 saturated heterocycles. The van der Waals surface area contributed by atoms with Gasteiger partial charge < -0.3 is 33.8 Å².